The lowest BCUT2D eigenvalue weighted by atomic mass is 10.2. The highest BCUT2D eigenvalue weighted by atomic mass is 15.3. The van der Waals surface area contributed by atoms with Crippen molar-refractivity contribution in [1.82, 2.24) is 9.78 Å². The molecule has 2 N–H and O–H groups in total. The molecular weight excluding hydrogens is 210 g/mol. The van der Waals surface area contributed by atoms with Crippen molar-refractivity contribution in [3.63, 3.8) is 0 Å². The van der Waals surface area contributed by atoms with Crippen LogP contribution in [0.2, 0.25) is 0 Å². The number of hydrogen-bond donors (Lipinski definition) is 1. The van der Waals surface area contributed by atoms with Crippen LogP contribution in [-0.4, -0.2) is 9.78 Å². The van der Waals surface area contributed by atoms with Crippen molar-refractivity contribution < 1.29 is 0 Å². The maximum absolute atomic E-state index is 5.94. The molecule has 0 spiro atoms. The SMILES string of the molecule is Nc1ccccc1Cn1ncc2ccccc21. The first-order chi connectivity index (χ1) is 8.34. The number of anilines is 1. The van der Waals surface area contributed by atoms with Crippen molar-refractivity contribution >= 4 is 16.6 Å². The molecule has 0 aliphatic carbocycles. The van der Waals surface area contributed by atoms with Gasteiger partial charge in [-0.05, 0) is 17.7 Å². The highest BCUT2D eigenvalue weighted by Gasteiger charge is 2.04. The minimum absolute atomic E-state index is 0.709. The van der Waals surface area contributed by atoms with Gasteiger partial charge in [0.1, 0.15) is 0 Å². The van der Waals surface area contributed by atoms with Gasteiger partial charge in [0.2, 0.25) is 0 Å². The molecule has 84 valence electrons. The molecule has 17 heavy (non-hydrogen) atoms. The second kappa shape index (κ2) is 3.94. The van der Waals surface area contributed by atoms with Crippen LogP contribution in [0.3, 0.4) is 0 Å². The van der Waals surface area contributed by atoms with Crippen LogP contribution in [-0.2, 0) is 6.54 Å². The summed E-state index contributed by atoms with van der Waals surface area (Å²) in [5.74, 6) is 0. The van der Waals surface area contributed by atoms with E-state index in [-0.39, 0.29) is 0 Å². The first-order valence-corrected chi connectivity index (χ1v) is 5.58. The summed E-state index contributed by atoms with van der Waals surface area (Å²) in [7, 11) is 0. The summed E-state index contributed by atoms with van der Waals surface area (Å²) in [4.78, 5) is 0. The van der Waals surface area contributed by atoms with Crippen LogP contribution < -0.4 is 5.73 Å². The Morgan fingerprint density at radius 3 is 2.65 bits per heavy atom. The van der Waals surface area contributed by atoms with Crippen LogP contribution in [0.1, 0.15) is 5.56 Å². The van der Waals surface area contributed by atoms with E-state index in [0.717, 1.165) is 22.2 Å². The largest absolute Gasteiger partial charge is 0.398 e. The van der Waals surface area contributed by atoms with Gasteiger partial charge in [0.05, 0.1) is 18.3 Å². The molecule has 3 nitrogen and oxygen atoms in total. The molecule has 3 heteroatoms. The topological polar surface area (TPSA) is 43.8 Å². The molecule has 0 aliphatic heterocycles. The lowest BCUT2D eigenvalue weighted by Gasteiger charge is -2.06. The summed E-state index contributed by atoms with van der Waals surface area (Å²) in [6.07, 6.45) is 1.88. The fraction of sp³-hybridized carbons (Fsp3) is 0.0714. The van der Waals surface area contributed by atoms with Crippen molar-refractivity contribution in [2.24, 2.45) is 0 Å². The summed E-state index contributed by atoms with van der Waals surface area (Å²) >= 11 is 0. The quantitative estimate of drug-likeness (QED) is 0.679. The molecule has 1 heterocycles. The van der Waals surface area contributed by atoms with Gasteiger partial charge < -0.3 is 5.73 Å². The number of aromatic nitrogens is 2. The summed E-state index contributed by atoms with van der Waals surface area (Å²) in [5.41, 5.74) is 8.99. The molecule has 3 rings (SSSR count). The Morgan fingerprint density at radius 1 is 1.00 bits per heavy atom. The molecule has 3 aromatic rings. The molecule has 0 aliphatic rings. The molecule has 1 aromatic heterocycles. The number of nitrogen functional groups attached to an aromatic ring is 1. The van der Waals surface area contributed by atoms with Gasteiger partial charge in [-0.2, -0.15) is 5.10 Å². The molecule has 0 saturated carbocycles. The van der Waals surface area contributed by atoms with E-state index in [2.05, 4.69) is 17.2 Å². The molecule has 0 saturated heterocycles. The summed E-state index contributed by atoms with van der Waals surface area (Å²) in [5, 5.41) is 5.55. The third kappa shape index (κ3) is 1.76. The number of rotatable bonds is 2. The van der Waals surface area contributed by atoms with Crippen LogP contribution in [0.5, 0.6) is 0 Å². The Labute approximate surface area is 99.5 Å². The lowest BCUT2D eigenvalue weighted by molar-refractivity contribution is 0.713. The highest BCUT2D eigenvalue weighted by Crippen LogP contribution is 2.17. The van der Waals surface area contributed by atoms with Crippen LogP contribution in [0.15, 0.2) is 54.7 Å². The van der Waals surface area contributed by atoms with Gasteiger partial charge >= 0.3 is 0 Å². The molecule has 0 atom stereocenters. The molecule has 0 radical (unpaired) electrons. The molecule has 0 fully saturated rings. The Kier molecular flexibility index (Phi) is 2.29. The van der Waals surface area contributed by atoms with E-state index in [4.69, 9.17) is 5.73 Å². The normalized spacial score (nSPS) is 10.8. The van der Waals surface area contributed by atoms with Gasteiger partial charge in [-0.15, -0.1) is 0 Å². The zero-order valence-electron chi connectivity index (χ0n) is 9.38. The third-order valence-corrected chi connectivity index (χ3v) is 2.93. The van der Waals surface area contributed by atoms with E-state index < -0.39 is 0 Å². The fourth-order valence-electron chi connectivity index (χ4n) is 1.99. The van der Waals surface area contributed by atoms with E-state index in [1.165, 1.54) is 0 Å². The maximum atomic E-state index is 5.94. The van der Waals surface area contributed by atoms with Crippen LogP contribution in [0.4, 0.5) is 5.69 Å². The molecular formula is C14H13N3. The van der Waals surface area contributed by atoms with E-state index in [1.54, 1.807) is 0 Å². The predicted octanol–water partition coefficient (Wildman–Crippen LogP) is 2.67. The monoisotopic (exact) mass is 223 g/mol. The Bertz CT molecular complexity index is 655. The summed E-state index contributed by atoms with van der Waals surface area (Å²) < 4.78 is 1.97. The van der Waals surface area contributed by atoms with Crippen molar-refractivity contribution in [1.29, 1.82) is 0 Å². The average molecular weight is 223 g/mol. The smallest absolute Gasteiger partial charge is 0.0686 e. The Balaban J connectivity index is 2.03. The van der Waals surface area contributed by atoms with Crippen molar-refractivity contribution in [3.8, 4) is 0 Å². The van der Waals surface area contributed by atoms with Crippen LogP contribution >= 0.6 is 0 Å². The van der Waals surface area contributed by atoms with Crippen molar-refractivity contribution in [3.05, 3.63) is 60.3 Å². The average Bonchev–Trinajstić information content (AvgIpc) is 2.76. The molecule has 0 bridgehead atoms. The number of benzene rings is 2. The summed E-state index contributed by atoms with van der Waals surface area (Å²) in [6.45, 7) is 0.709. The maximum Gasteiger partial charge on any atom is 0.0686 e. The van der Waals surface area contributed by atoms with E-state index >= 15 is 0 Å². The number of para-hydroxylation sites is 2. The van der Waals surface area contributed by atoms with E-state index in [9.17, 15) is 0 Å². The van der Waals surface area contributed by atoms with E-state index in [1.807, 2.05) is 47.3 Å². The van der Waals surface area contributed by atoms with Gasteiger partial charge in [-0.1, -0.05) is 36.4 Å². The highest BCUT2D eigenvalue weighted by molar-refractivity contribution is 5.78. The first kappa shape index (κ1) is 9.90. The second-order valence-corrected chi connectivity index (χ2v) is 4.06. The summed E-state index contributed by atoms with van der Waals surface area (Å²) in [6, 6.07) is 16.1. The predicted molar refractivity (Wildman–Crippen MR) is 69.7 cm³/mol. The zero-order valence-corrected chi connectivity index (χ0v) is 9.38. The van der Waals surface area contributed by atoms with Gasteiger partial charge in [0, 0.05) is 11.1 Å². The van der Waals surface area contributed by atoms with Crippen molar-refractivity contribution in [2.75, 3.05) is 5.73 Å². The zero-order chi connectivity index (χ0) is 11.7. The van der Waals surface area contributed by atoms with Gasteiger partial charge in [-0.25, -0.2) is 0 Å². The Hall–Kier alpha value is -2.29. The lowest BCUT2D eigenvalue weighted by Crippen LogP contribution is -2.03. The number of hydrogen-bond acceptors (Lipinski definition) is 2. The Morgan fingerprint density at radius 2 is 1.76 bits per heavy atom. The first-order valence-electron chi connectivity index (χ1n) is 5.58. The second-order valence-electron chi connectivity index (χ2n) is 4.06. The van der Waals surface area contributed by atoms with E-state index in [0.29, 0.717) is 6.54 Å². The minimum Gasteiger partial charge on any atom is -0.398 e. The third-order valence-electron chi connectivity index (χ3n) is 2.93. The minimum atomic E-state index is 0.709. The van der Waals surface area contributed by atoms with Gasteiger partial charge in [0.15, 0.2) is 0 Å². The molecule has 2 aromatic carbocycles. The number of nitrogens with zero attached hydrogens (tertiary/aromatic N) is 2. The fourth-order valence-corrected chi connectivity index (χ4v) is 1.99. The van der Waals surface area contributed by atoms with Crippen LogP contribution in [0, 0.1) is 0 Å². The molecule has 0 amide bonds. The van der Waals surface area contributed by atoms with Crippen LogP contribution in [0.25, 0.3) is 10.9 Å². The van der Waals surface area contributed by atoms with Gasteiger partial charge in [0.25, 0.3) is 0 Å². The standard InChI is InChI=1S/C14H13N3/c15-13-7-3-1-6-12(13)10-17-14-8-4-2-5-11(14)9-16-17/h1-9H,10,15H2. The van der Waals surface area contributed by atoms with Gasteiger partial charge in [-0.3, -0.25) is 4.68 Å². The number of nitrogens with two attached hydrogens (primary N) is 1. The number of fused-ring (bicyclic) bond motifs is 1. The van der Waals surface area contributed by atoms with Crippen molar-refractivity contribution in [2.45, 2.75) is 6.54 Å². The molecule has 0 unspecified atom stereocenters.